The lowest BCUT2D eigenvalue weighted by Crippen LogP contribution is -2.44. The molecular weight excluding hydrogens is 461 g/mol. The molecular formula is C24H31F3N6O2. The van der Waals surface area contributed by atoms with Gasteiger partial charge in [-0.2, -0.15) is 0 Å². The zero-order valence-electron chi connectivity index (χ0n) is 19.9. The van der Waals surface area contributed by atoms with Gasteiger partial charge in [0.2, 0.25) is 5.91 Å². The van der Waals surface area contributed by atoms with Gasteiger partial charge in [-0.3, -0.25) is 9.79 Å². The summed E-state index contributed by atoms with van der Waals surface area (Å²) in [6, 6.07) is 4.06. The molecule has 0 unspecified atom stereocenters. The van der Waals surface area contributed by atoms with E-state index in [0.29, 0.717) is 31.8 Å². The van der Waals surface area contributed by atoms with Crippen LogP contribution in [0.1, 0.15) is 31.7 Å². The minimum Gasteiger partial charge on any atom is -0.397 e. The third-order valence-electron chi connectivity index (χ3n) is 6.00. The van der Waals surface area contributed by atoms with Gasteiger partial charge in [0.25, 0.3) is 6.43 Å². The van der Waals surface area contributed by atoms with Crippen LogP contribution in [0.15, 0.2) is 45.2 Å². The van der Waals surface area contributed by atoms with Crippen LogP contribution in [0.2, 0.25) is 0 Å². The van der Waals surface area contributed by atoms with Crippen LogP contribution in [0.3, 0.4) is 0 Å². The number of carbonyl (C=O) groups excluding carboxylic acids is 1. The molecule has 8 nitrogen and oxygen atoms in total. The van der Waals surface area contributed by atoms with E-state index in [-0.39, 0.29) is 41.2 Å². The van der Waals surface area contributed by atoms with Gasteiger partial charge in [-0.25, -0.2) is 18.2 Å². The predicted octanol–water partition coefficient (Wildman–Crippen LogP) is 2.72. The smallest absolute Gasteiger partial charge is 0.278 e. The van der Waals surface area contributed by atoms with Gasteiger partial charge in [0, 0.05) is 69.3 Å². The molecule has 0 atom stereocenters. The molecule has 5 N–H and O–H groups in total. The van der Waals surface area contributed by atoms with E-state index < -0.39 is 17.9 Å². The molecule has 0 bridgehead atoms. The highest BCUT2D eigenvalue weighted by Gasteiger charge is 2.25. The van der Waals surface area contributed by atoms with E-state index in [1.807, 2.05) is 0 Å². The van der Waals surface area contributed by atoms with Crippen molar-refractivity contribution in [2.75, 3.05) is 33.4 Å². The van der Waals surface area contributed by atoms with Gasteiger partial charge in [0.15, 0.2) is 0 Å². The Morgan fingerprint density at radius 3 is 2.60 bits per heavy atom. The molecule has 1 amide bonds. The number of benzene rings is 1. The van der Waals surface area contributed by atoms with E-state index in [4.69, 9.17) is 16.2 Å². The Kier molecular flexibility index (Phi) is 8.91. The lowest BCUT2D eigenvalue weighted by molar-refractivity contribution is -0.128. The van der Waals surface area contributed by atoms with Gasteiger partial charge < -0.3 is 26.4 Å². The molecule has 0 aliphatic carbocycles. The van der Waals surface area contributed by atoms with Crippen molar-refractivity contribution >= 4 is 29.2 Å². The van der Waals surface area contributed by atoms with Crippen LogP contribution in [-0.2, 0) is 9.53 Å². The summed E-state index contributed by atoms with van der Waals surface area (Å²) < 4.78 is 46.6. The Balaban J connectivity index is 1.94. The van der Waals surface area contributed by atoms with Gasteiger partial charge in [-0.1, -0.05) is 6.07 Å². The van der Waals surface area contributed by atoms with Crippen LogP contribution >= 0.6 is 0 Å². The Morgan fingerprint density at radius 2 is 2.00 bits per heavy atom. The number of halogens is 3. The summed E-state index contributed by atoms with van der Waals surface area (Å²) in [4.78, 5) is 21.6. The van der Waals surface area contributed by atoms with Gasteiger partial charge in [0.05, 0.1) is 12.2 Å². The first kappa shape index (κ1) is 26.3. The molecule has 35 heavy (non-hydrogen) atoms. The normalized spacial score (nSPS) is 18.9. The minimum absolute atomic E-state index is 0.0625. The molecule has 0 saturated carbocycles. The Bertz CT molecular complexity index is 1060. The summed E-state index contributed by atoms with van der Waals surface area (Å²) in [5, 5.41) is 3.51. The topological polar surface area (TPSA) is 118 Å². The first-order valence-corrected chi connectivity index (χ1v) is 11.4. The number of allylic oxidation sites excluding steroid dienone is 2. The number of alkyl halides is 2. The van der Waals surface area contributed by atoms with Crippen LogP contribution in [0.5, 0.6) is 0 Å². The lowest BCUT2D eigenvalue weighted by Gasteiger charge is -2.33. The molecule has 0 aromatic heterocycles. The highest BCUT2D eigenvalue weighted by Crippen LogP contribution is 2.27. The number of nitrogens with one attached hydrogen (secondary N) is 1. The highest BCUT2D eigenvalue weighted by molar-refractivity contribution is 6.11. The molecule has 190 valence electrons. The van der Waals surface area contributed by atoms with Crippen molar-refractivity contribution < 1.29 is 22.7 Å². The summed E-state index contributed by atoms with van der Waals surface area (Å²) in [5.74, 6) is -0.770. The average Bonchev–Trinajstić information content (AvgIpc) is 2.84. The maximum Gasteiger partial charge on any atom is 0.278 e. The zero-order chi connectivity index (χ0) is 25.5. The quantitative estimate of drug-likeness (QED) is 0.400. The second-order valence-electron chi connectivity index (χ2n) is 8.40. The summed E-state index contributed by atoms with van der Waals surface area (Å²) in [6.07, 6.45) is 0.508. The number of ether oxygens (including phenoxy) is 1. The zero-order valence-corrected chi connectivity index (χ0v) is 19.9. The lowest BCUT2D eigenvalue weighted by atomic mass is 10.0. The van der Waals surface area contributed by atoms with Crippen LogP contribution in [-0.4, -0.2) is 68.7 Å². The van der Waals surface area contributed by atoms with E-state index >= 15 is 0 Å². The van der Waals surface area contributed by atoms with Crippen molar-refractivity contribution in [2.24, 2.45) is 21.5 Å². The third kappa shape index (κ3) is 6.62. The standard InChI is InChI=1S/C24H31F3N6O2/c1-14(34)33-8-5-20(31-16-6-9-35-10-7-16)18(13-33)24(29)32-21-4-3-15(11-19(21)25)17(12-30-2)22(28)23(26)27/h3-4,11-12,16,23,31H,5-10,13,28H2,1-2H3,(H2,29,32). The van der Waals surface area contributed by atoms with Crippen molar-refractivity contribution in [3.8, 4) is 0 Å². The Labute approximate surface area is 202 Å². The van der Waals surface area contributed by atoms with Crippen LogP contribution in [0.4, 0.5) is 18.9 Å². The maximum absolute atomic E-state index is 14.9. The molecule has 2 aliphatic rings. The molecule has 2 heterocycles. The highest BCUT2D eigenvalue weighted by atomic mass is 19.3. The molecule has 0 radical (unpaired) electrons. The van der Waals surface area contributed by atoms with Gasteiger partial charge >= 0.3 is 0 Å². The Hall–Kier alpha value is -3.34. The van der Waals surface area contributed by atoms with Gasteiger partial charge in [0.1, 0.15) is 17.3 Å². The maximum atomic E-state index is 14.9. The van der Waals surface area contributed by atoms with E-state index in [0.717, 1.165) is 30.8 Å². The van der Waals surface area contributed by atoms with E-state index in [1.54, 1.807) is 4.90 Å². The number of hydrogen-bond acceptors (Lipinski definition) is 6. The van der Waals surface area contributed by atoms with Crippen molar-refractivity contribution in [1.82, 2.24) is 10.2 Å². The van der Waals surface area contributed by atoms with E-state index in [9.17, 15) is 18.0 Å². The number of nitrogens with two attached hydrogens (primary N) is 2. The molecule has 1 aromatic carbocycles. The fourth-order valence-electron chi connectivity index (χ4n) is 4.04. The summed E-state index contributed by atoms with van der Waals surface area (Å²) in [7, 11) is 1.41. The van der Waals surface area contributed by atoms with Gasteiger partial charge in [-0.15, -0.1) is 0 Å². The number of nitrogens with zero attached hydrogens (tertiary/aromatic N) is 3. The third-order valence-corrected chi connectivity index (χ3v) is 6.00. The second-order valence-corrected chi connectivity index (χ2v) is 8.40. The molecule has 0 spiro atoms. The van der Waals surface area contributed by atoms with E-state index in [1.165, 1.54) is 26.1 Å². The van der Waals surface area contributed by atoms with E-state index in [2.05, 4.69) is 15.3 Å². The number of carbonyl (C=O) groups is 1. The largest absolute Gasteiger partial charge is 0.397 e. The average molecular weight is 493 g/mol. The molecule has 11 heteroatoms. The monoisotopic (exact) mass is 492 g/mol. The first-order chi connectivity index (χ1) is 16.7. The molecule has 1 saturated heterocycles. The number of amides is 1. The summed E-state index contributed by atoms with van der Waals surface area (Å²) in [5.41, 5.74) is 12.6. The molecule has 1 fully saturated rings. The number of amidine groups is 1. The first-order valence-electron chi connectivity index (χ1n) is 11.4. The van der Waals surface area contributed by atoms with Crippen molar-refractivity contribution in [1.29, 1.82) is 0 Å². The molecule has 3 rings (SSSR count). The van der Waals surface area contributed by atoms with Crippen molar-refractivity contribution in [3.63, 3.8) is 0 Å². The van der Waals surface area contributed by atoms with Crippen LogP contribution in [0, 0.1) is 5.82 Å². The minimum atomic E-state index is -2.91. The predicted molar refractivity (Wildman–Crippen MR) is 130 cm³/mol. The summed E-state index contributed by atoms with van der Waals surface area (Å²) >= 11 is 0. The fourth-order valence-corrected chi connectivity index (χ4v) is 4.04. The number of hydrogen-bond donors (Lipinski definition) is 3. The SMILES string of the molecule is CN=CC(=C(N)C(F)F)c1ccc(N=C(N)C2=C(NC3CCOCC3)CCN(C(C)=O)C2)c(F)c1. The van der Waals surface area contributed by atoms with Crippen LogP contribution in [0.25, 0.3) is 5.57 Å². The second kappa shape index (κ2) is 11.9. The van der Waals surface area contributed by atoms with Crippen LogP contribution < -0.4 is 16.8 Å². The Morgan fingerprint density at radius 1 is 1.29 bits per heavy atom. The molecule has 2 aliphatic heterocycles. The number of rotatable bonds is 7. The van der Waals surface area contributed by atoms with Crippen molar-refractivity contribution in [3.05, 3.63) is 46.5 Å². The fraction of sp³-hybridized carbons (Fsp3) is 0.458. The number of aliphatic imine (C=N–C) groups is 2. The summed E-state index contributed by atoms with van der Waals surface area (Å²) in [6.45, 7) is 3.60. The molecule has 1 aromatic rings. The van der Waals surface area contributed by atoms with Gasteiger partial charge in [-0.05, 0) is 30.5 Å². The van der Waals surface area contributed by atoms with Crippen molar-refractivity contribution in [2.45, 2.75) is 38.7 Å².